The van der Waals surface area contributed by atoms with Crippen molar-refractivity contribution < 1.29 is 4.74 Å². The molecule has 4 heteroatoms. The number of rotatable bonds is 4. The molecule has 92 valence electrons. The fourth-order valence-electron chi connectivity index (χ4n) is 1.58. The van der Waals surface area contributed by atoms with Gasteiger partial charge in [-0.05, 0) is 31.2 Å². The minimum atomic E-state index is 0.370. The molecule has 2 rings (SSSR count). The minimum absolute atomic E-state index is 0.370. The topological polar surface area (TPSA) is 48.1 Å². The molecule has 0 unspecified atom stereocenters. The zero-order chi connectivity index (χ0) is 13.0. The number of nitrogens with two attached hydrogens (primary N) is 1. The van der Waals surface area contributed by atoms with Crippen molar-refractivity contribution in [2.24, 2.45) is 5.73 Å². The molecule has 0 atom stereocenters. The number of hydrogen-bond acceptors (Lipinski definition) is 3. The van der Waals surface area contributed by atoms with Crippen molar-refractivity contribution in [3.63, 3.8) is 0 Å². The SMILES string of the molecule is Cc1cccc(COc2cccc(C(N)=S)c2)n1. The Morgan fingerprint density at radius 2 is 2.06 bits per heavy atom. The predicted octanol–water partition coefficient (Wildman–Crippen LogP) is 2.60. The smallest absolute Gasteiger partial charge is 0.130 e. The Hall–Kier alpha value is -1.94. The normalized spacial score (nSPS) is 10.1. The summed E-state index contributed by atoms with van der Waals surface area (Å²) >= 11 is 4.93. The molecule has 3 nitrogen and oxygen atoms in total. The maximum atomic E-state index is 5.66. The summed E-state index contributed by atoms with van der Waals surface area (Å²) in [6.45, 7) is 2.39. The second-order valence-electron chi connectivity index (χ2n) is 3.95. The molecule has 2 aromatic rings. The van der Waals surface area contributed by atoms with Crippen LogP contribution in [0.4, 0.5) is 0 Å². The van der Waals surface area contributed by atoms with Gasteiger partial charge in [-0.3, -0.25) is 4.98 Å². The highest BCUT2D eigenvalue weighted by atomic mass is 32.1. The Balaban J connectivity index is 2.06. The van der Waals surface area contributed by atoms with Crippen LogP contribution in [0.25, 0.3) is 0 Å². The summed E-state index contributed by atoms with van der Waals surface area (Å²) in [4.78, 5) is 4.74. The summed E-state index contributed by atoms with van der Waals surface area (Å²) in [5.74, 6) is 0.739. The minimum Gasteiger partial charge on any atom is -0.487 e. The van der Waals surface area contributed by atoms with Crippen molar-refractivity contribution >= 4 is 17.2 Å². The highest BCUT2D eigenvalue weighted by Crippen LogP contribution is 2.14. The number of benzene rings is 1. The molecule has 0 radical (unpaired) electrons. The number of pyridine rings is 1. The van der Waals surface area contributed by atoms with Crippen LogP contribution in [0.1, 0.15) is 17.0 Å². The monoisotopic (exact) mass is 258 g/mol. The average molecular weight is 258 g/mol. The van der Waals surface area contributed by atoms with Gasteiger partial charge < -0.3 is 10.5 Å². The van der Waals surface area contributed by atoms with E-state index in [9.17, 15) is 0 Å². The molecule has 0 aliphatic rings. The molecule has 1 aromatic heterocycles. The van der Waals surface area contributed by atoms with Gasteiger partial charge in [-0.2, -0.15) is 0 Å². The van der Waals surface area contributed by atoms with E-state index in [1.807, 2.05) is 49.4 Å². The van der Waals surface area contributed by atoms with Crippen LogP contribution in [0.5, 0.6) is 5.75 Å². The zero-order valence-electron chi connectivity index (χ0n) is 10.1. The molecular weight excluding hydrogens is 244 g/mol. The van der Waals surface area contributed by atoms with Crippen molar-refractivity contribution in [1.82, 2.24) is 4.98 Å². The third kappa shape index (κ3) is 3.28. The number of aromatic nitrogens is 1. The van der Waals surface area contributed by atoms with Crippen LogP contribution in [0.15, 0.2) is 42.5 Å². The number of aryl methyl sites for hydroxylation is 1. The van der Waals surface area contributed by atoms with Crippen LogP contribution < -0.4 is 10.5 Å². The maximum absolute atomic E-state index is 5.66. The van der Waals surface area contributed by atoms with Gasteiger partial charge in [0.25, 0.3) is 0 Å². The highest BCUT2D eigenvalue weighted by molar-refractivity contribution is 7.80. The van der Waals surface area contributed by atoms with Crippen LogP contribution in [0, 0.1) is 6.92 Å². The molecule has 0 aliphatic carbocycles. The second-order valence-corrected chi connectivity index (χ2v) is 4.39. The maximum Gasteiger partial charge on any atom is 0.130 e. The lowest BCUT2D eigenvalue weighted by molar-refractivity contribution is 0.301. The van der Waals surface area contributed by atoms with Crippen LogP contribution >= 0.6 is 12.2 Å². The standard InChI is InChI=1S/C14H14N2OS/c1-10-4-2-6-12(16-10)9-17-13-7-3-5-11(8-13)14(15)18/h2-8H,9H2,1H3,(H2,15,18). The molecule has 1 aromatic carbocycles. The lowest BCUT2D eigenvalue weighted by Crippen LogP contribution is -2.09. The van der Waals surface area contributed by atoms with Gasteiger partial charge >= 0.3 is 0 Å². The zero-order valence-corrected chi connectivity index (χ0v) is 10.9. The van der Waals surface area contributed by atoms with Gasteiger partial charge in [0.05, 0.1) is 5.69 Å². The summed E-state index contributed by atoms with van der Waals surface area (Å²) in [5.41, 5.74) is 8.26. The van der Waals surface area contributed by atoms with Crippen LogP contribution in [-0.4, -0.2) is 9.97 Å². The quantitative estimate of drug-likeness (QED) is 0.856. The second kappa shape index (κ2) is 5.60. The van der Waals surface area contributed by atoms with Gasteiger partial charge in [-0.15, -0.1) is 0 Å². The molecule has 0 saturated carbocycles. The third-order valence-corrected chi connectivity index (χ3v) is 2.69. The van der Waals surface area contributed by atoms with E-state index < -0.39 is 0 Å². The number of nitrogens with zero attached hydrogens (tertiary/aromatic N) is 1. The van der Waals surface area contributed by atoms with Crippen molar-refractivity contribution in [2.45, 2.75) is 13.5 Å². The number of hydrogen-bond donors (Lipinski definition) is 1. The molecule has 0 aliphatic heterocycles. The predicted molar refractivity (Wildman–Crippen MR) is 75.6 cm³/mol. The molecule has 2 N–H and O–H groups in total. The van der Waals surface area contributed by atoms with Gasteiger partial charge in [-0.1, -0.05) is 30.4 Å². The summed E-state index contributed by atoms with van der Waals surface area (Å²) in [5, 5.41) is 0. The molecule has 0 spiro atoms. The molecule has 0 bridgehead atoms. The highest BCUT2D eigenvalue weighted by Gasteiger charge is 2.00. The molecule has 0 saturated heterocycles. The van der Waals surface area contributed by atoms with Crippen molar-refractivity contribution in [1.29, 1.82) is 0 Å². The number of thiocarbonyl (C=S) groups is 1. The van der Waals surface area contributed by atoms with E-state index in [0.717, 1.165) is 22.7 Å². The molecule has 0 amide bonds. The lowest BCUT2D eigenvalue weighted by atomic mass is 10.2. The van der Waals surface area contributed by atoms with Crippen molar-refractivity contribution in [3.05, 3.63) is 59.4 Å². The first kappa shape index (κ1) is 12.5. The Labute approximate surface area is 112 Å². The van der Waals surface area contributed by atoms with E-state index in [1.165, 1.54) is 0 Å². The lowest BCUT2D eigenvalue weighted by Gasteiger charge is -2.07. The number of ether oxygens (including phenoxy) is 1. The van der Waals surface area contributed by atoms with E-state index in [4.69, 9.17) is 22.7 Å². The third-order valence-electron chi connectivity index (χ3n) is 2.45. The van der Waals surface area contributed by atoms with E-state index >= 15 is 0 Å². The fourth-order valence-corrected chi connectivity index (χ4v) is 1.70. The molecule has 18 heavy (non-hydrogen) atoms. The molecule has 0 fully saturated rings. The van der Waals surface area contributed by atoms with E-state index in [-0.39, 0.29) is 0 Å². The largest absolute Gasteiger partial charge is 0.487 e. The first-order valence-electron chi connectivity index (χ1n) is 5.60. The van der Waals surface area contributed by atoms with Gasteiger partial charge in [0, 0.05) is 11.3 Å². The Morgan fingerprint density at radius 1 is 1.28 bits per heavy atom. The Bertz CT molecular complexity index is 569. The Morgan fingerprint density at radius 3 is 2.78 bits per heavy atom. The van der Waals surface area contributed by atoms with Gasteiger partial charge in [0.2, 0.25) is 0 Å². The van der Waals surface area contributed by atoms with Gasteiger partial charge in [-0.25, -0.2) is 0 Å². The summed E-state index contributed by atoms with van der Waals surface area (Å²) in [6, 6.07) is 13.3. The van der Waals surface area contributed by atoms with Crippen molar-refractivity contribution in [3.8, 4) is 5.75 Å². The van der Waals surface area contributed by atoms with Crippen LogP contribution in [-0.2, 0) is 6.61 Å². The van der Waals surface area contributed by atoms with Gasteiger partial charge in [0.1, 0.15) is 17.3 Å². The van der Waals surface area contributed by atoms with Crippen molar-refractivity contribution in [2.75, 3.05) is 0 Å². The first-order chi connectivity index (χ1) is 8.65. The average Bonchev–Trinajstić information content (AvgIpc) is 2.37. The molecular formula is C14H14N2OS. The summed E-state index contributed by atoms with van der Waals surface area (Å²) in [6.07, 6.45) is 0. The fraction of sp³-hybridized carbons (Fsp3) is 0.143. The summed E-state index contributed by atoms with van der Waals surface area (Å²) in [7, 11) is 0. The van der Waals surface area contributed by atoms with E-state index in [0.29, 0.717) is 11.6 Å². The Kier molecular flexibility index (Phi) is 3.89. The van der Waals surface area contributed by atoms with Crippen LogP contribution in [0.3, 0.4) is 0 Å². The first-order valence-corrected chi connectivity index (χ1v) is 6.01. The van der Waals surface area contributed by atoms with E-state index in [2.05, 4.69) is 4.98 Å². The van der Waals surface area contributed by atoms with E-state index in [1.54, 1.807) is 0 Å². The summed E-state index contributed by atoms with van der Waals surface area (Å²) < 4.78 is 5.66. The van der Waals surface area contributed by atoms with Gasteiger partial charge in [0.15, 0.2) is 0 Å². The molecule has 1 heterocycles. The van der Waals surface area contributed by atoms with Crippen LogP contribution in [0.2, 0.25) is 0 Å².